The number of imide groups is 1. The summed E-state index contributed by atoms with van der Waals surface area (Å²) in [5.41, 5.74) is 0.547. The number of rotatable bonds is 7. The van der Waals surface area contributed by atoms with Gasteiger partial charge in [0.1, 0.15) is 5.70 Å². The van der Waals surface area contributed by atoms with E-state index in [1.54, 1.807) is 0 Å². The van der Waals surface area contributed by atoms with E-state index in [1.807, 2.05) is 0 Å². The predicted octanol–water partition coefficient (Wildman–Crippen LogP) is 0.303. The van der Waals surface area contributed by atoms with Crippen LogP contribution in [0.15, 0.2) is 53.6 Å². The standard InChI is InChI=1S/C15H16N2O5S/c1-2-9-23(21,22)12-5-3-11(4-6-12)16-13-10-14(19)17(7-8-18)15(13)20/h2-6,10,16,18H,1,7-9H2. The number of carbonyl (C=O) groups excluding carboxylic acids is 2. The molecule has 0 radical (unpaired) electrons. The molecule has 7 nitrogen and oxygen atoms in total. The smallest absolute Gasteiger partial charge is 0.277 e. The molecular formula is C15H16N2O5S. The van der Waals surface area contributed by atoms with Crippen molar-refractivity contribution in [2.45, 2.75) is 4.90 Å². The van der Waals surface area contributed by atoms with Crippen molar-refractivity contribution >= 4 is 27.3 Å². The van der Waals surface area contributed by atoms with Crippen LogP contribution in [0.5, 0.6) is 0 Å². The lowest BCUT2D eigenvalue weighted by Gasteiger charge is -2.13. The van der Waals surface area contributed by atoms with Crippen LogP contribution in [0.3, 0.4) is 0 Å². The first-order chi connectivity index (χ1) is 10.9. The molecule has 1 heterocycles. The first-order valence-electron chi connectivity index (χ1n) is 6.78. The number of anilines is 1. The van der Waals surface area contributed by atoms with Crippen molar-refractivity contribution in [1.29, 1.82) is 0 Å². The van der Waals surface area contributed by atoms with Crippen LogP contribution in [0.2, 0.25) is 0 Å². The van der Waals surface area contributed by atoms with E-state index in [-0.39, 0.29) is 29.5 Å². The zero-order chi connectivity index (χ0) is 17.0. The van der Waals surface area contributed by atoms with Gasteiger partial charge >= 0.3 is 0 Å². The molecule has 0 bridgehead atoms. The summed E-state index contributed by atoms with van der Waals surface area (Å²) in [6, 6.07) is 5.83. The Balaban J connectivity index is 2.13. The highest BCUT2D eigenvalue weighted by molar-refractivity contribution is 7.91. The molecule has 0 spiro atoms. The van der Waals surface area contributed by atoms with E-state index < -0.39 is 21.7 Å². The number of β-amino-alcohol motifs (C(OH)–C–C–N with tert-alkyl or cyclic N) is 1. The van der Waals surface area contributed by atoms with Crippen LogP contribution in [0.1, 0.15) is 0 Å². The molecule has 2 rings (SSSR count). The van der Waals surface area contributed by atoms with Gasteiger partial charge in [0.05, 0.1) is 23.8 Å². The molecule has 0 atom stereocenters. The third kappa shape index (κ3) is 3.66. The molecule has 1 aliphatic heterocycles. The molecule has 0 saturated carbocycles. The fourth-order valence-electron chi connectivity index (χ4n) is 2.06. The van der Waals surface area contributed by atoms with Crippen molar-refractivity contribution in [1.82, 2.24) is 4.90 Å². The van der Waals surface area contributed by atoms with Gasteiger partial charge in [-0.2, -0.15) is 0 Å². The number of amides is 2. The molecule has 2 N–H and O–H groups in total. The summed E-state index contributed by atoms with van der Waals surface area (Å²) in [5.74, 6) is -1.20. The Kier molecular flexibility index (Phi) is 4.97. The molecular weight excluding hydrogens is 320 g/mol. The monoisotopic (exact) mass is 336 g/mol. The summed E-state index contributed by atoms with van der Waals surface area (Å²) >= 11 is 0. The summed E-state index contributed by atoms with van der Waals surface area (Å²) in [5, 5.41) is 11.6. The molecule has 1 aliphatic rings. The Morgan fingerprint density at radius 1 is 1.22 bits per heavy atom. The van der Waals surface area contributed by atoms with E-state index in [1.165, 1.54) is 30.3 Å². The van der Waals surface area contributed by atoms with E-state index in [2.05, 4.69) is 11.9 Å². The minimum atomic E-state index is -3.41. The molecule has 122 valence electrons. The van der Waals surface area contributed by atoms with Crippen LogP contribution in [0, 0.1) is 0 Å². The van der Waals surface area contributed by atoms with Crippen molar-refractivity contribution < 1.29 is 23.1 Å². The molecule has 0 unspecified atom stereocenters. The lowest BCUT2D eigenvalue weighted by molar-refractivity contribution is -0.137. The average Bonchev–Trinajstić information content (AvgIpc) is 2.76. The maximum atomic E-state index is 12.0. The fraction of sp³-hybridized carbons (Fsp3) is 0.200. The number of aliphatic hydroxyl groups is 1. The Bertz CT molecular complexity index is 766. The van der Waals surface area contributed by atoms with Crippen molar-refractivity contribution in [3.8, 4) is 0 Å². The topological polar surface area (TPSA) is 104 Å². The van der Waals surface area contributed by atoms with Crippen LogP contribution in [-0.4, -0.2) is 49.1 Å². The van der Waals surface area contributed by atoms with Gasteiger partial charge in [-0.15, -0.1) is 6.58 Å². The maximum Gasteiger partial charge on any atom is 0.277 e. The van der Waals surface area contributed by atoms with Gasteiger partial charge in [0.25, 0.3) is 11.8 Å². The molecule has 0 aliphatic carbocycles. The van der Waals surface area contributed by atoms with Gasteiger partial charge in [0.15, 0.2) is 9.84 Å². The lowest BCUT2D eigenvalue weighted by Crippen LogP contribution is -2.34. The van der Waals surface area contributed by atoms with E-state index in [9.17, 15) is 18.0 Å². The number of hydrogen-bond donors (Lipinski definition) is 2. The number of hydrogen-bond acceptors (Lipinski definition) is 6. The van der Waals surface area contributed by atoms with E-state index in [0.717, 1.165) is 11.0 Å². The number of aliphatic hydroxyl groups excluding tert-OH is 1. The summed E-state index contributed by atoms with van der Waals surface area (Å²) in [6.07, 6.45) is 2.45. The second-order valence-electron chi connectivity index (χ2n) is 4.80. The highest BCUT2D eigenvalue weighted by Gasteiger charge is 2.30. The quantitative estimate of drug-likeness (QED) is 0.548. The normalized spacial score (nSPS) is 14.8. The largest absolute Gasteiger partial charge is 0.395 e. The second kappa shape index (κ2) is 6.76. The molecule has 0 aromatic heterocycles. The maximum absolute atomic E-state index is 12.0. The lowest BCUT2D eigenvalue weighted by atomic mass is 10.3. The van der Waals surface area contributed by atoms with Crippen LogP contribution >= 0.6 is 0 Å². The Labute approximate surface area is 133 Å². The molecule has 23 heavy (non-hydrogen) atoms. The average molecular weight is 336 g/mol. The Morgan fingerprint density at radius 2 is 1.87 bits per heavy atom. The SMILES string of the molecule is C=CCS(=O)(=O)c1ccc(NC2=CC(=O)N(CCO)C2=O)cc1. The third-order valence-corrected chi connectivity index (χ3v) is 4.83. The van der Waals surface area contributed by atoms with E-state index in [0.29, 0.717) is 5.69 Å². The van der Waals surface area contributed by atoms with Crippen molar-refractivity contribution in [3.05, 3.63) is 48.7 Å². The van der Waals surface area contributed by atoms with Gasteiger partial charge in [0, 0.05) is 11.8 Å². The molecule has 0 fully saturated rings. The predicted molar refractivity (Wildman–Crippen MR) is 84.2 cm³/mol. The van der Waals surface area contributed by atoms with Crippen LogP contribution in [0.25, 0.3) is 0 Å². The Hall–Kier alpha value is -2.45. The van der Waals surface area contributed by atoms with Gasteiger partial charge in [-0.05, 0) is 24.3 Å². The molecule has 1 aromatic carbocycles. The molecule has 8 heteroatoms. The fourth-order valence-corrected chi connectivity index (χ4v) is 3.12. The van der Waals surface area contributed by atoms with Crippen molar-refractivity contribution in [2.24, 2.45) is 0 Å². The van der Waals surface area contributed by atoms with Crippen molar-refractivity contribution in [3.63, 3.8) is 0 Å². The third-order valence-electron chi connectivity index (χ3n) is 3.16. The van der Waals surface area contributed by atoms with Crippen LogP contribution in [0.4, 0.5) is 5.69 Å². The van der Waals surface area contributed by atoms with Gasteiger partial charge in [0.2, 0.25) is 0 Å². The van der Waals surface area contributed by atoms with E-state index in [4.69, 9.17) is 5.11 Å². The summed E-state index contributed by atoms with van der Waals surface area (Å²) in [4.78, 5) is 24.7. The van der Waals surface area contributed by atoms with Gasteiger partial charge < -0.3 is 10.4 Å². The number of benzene rings is 1. The van der Waals surface area contributed by atoms with Crippen LogP contribution < -0.4 is 5.32 Å². The minimum Gasteiger partial charge on any atom is -0.395 e. The highest BCUT2D eigenvalue weighted by Crippen LogP contribution is 2.19. The molecule has 1 aromatic rings. The Morgan fingerprint density at radius 3 is 2.43 bits per heavy atom. The van der Waals surface area contributed by atoms with Gasteiger partial charge in [-0.25, -0.2) is 8.42 Å². The van der Waals surface area contributed by atoms with Gasteiger partial charge in [-0.1, -0.05) is 6.08 Å². The van der Waals surface area contributed by atoms with Crippen LogP contribution in [-0.2, 0) is 19.4 Å². The number of carbonyl (C=O) groups is 2. The van der Waals surface area contributed by atoms with Crippen molar-refractivity contribution in [2.75, 3.05) is 24.2 Å². The second-order valence-corrected chi connectivity index (χ2v) is 6.83. The summed E-state index contributed by atoms with van der Waals surface area (Å²) < 4.78 is 23.7. The highest BCUT2D eigenvalue weighted by atomic mass is 32.2. The molecule has 2 amide bonds. The minimum absolute atomic E-state index is 0.0713. The summed E-state index contributed by atoms with van der Waals surface area (Å²) in [7, 11) is -3.41. The molecule has 0 saturated heterocycles. The zero-order valence-corrected chi connectivity index (χ0v) is 13.0. The first-order valence-corrected chi connectivity index (χ1v) is 8.43. The first kappa shape index (κ1) is 16.9. The number of sulfone groups is 1. The zero-order valence-electron chi connectivity index (χ0n) is 12.2. The summed E-state index contributed by atoms with van der Waals surface area (Å²) in [6.45, 7) is 3.02. The number of nitrogens with one attached hydrogen (secondary N) is 1. The number of nitrogens with zero attached hydrogens (tertiary/aromatic N) is 1. The van der Waals surface area contributed by atoms with Gasteiger partial charge in [-0.3, -0.25) is 14.5 Å². The van der Waals surface area contributed by atoms with E-state index >= 15 is 0 Å².